The standard InChI is InChI=1S/C25H26ClN3O3/c1-15-8-11-19(14-16(15)2)28-23(30)17-9-12-18(13-10-17)27-22-21(26)24(31)29(25(22)32)20-6-4-3-5-7-20/h8-14,20,27H,3-7H2,1-2H3,(H,28,30). The molecule has 0 saturated heterocycles. The van der Waals surface area contributed by atoms with Gasteiger partial charge in [0.25, 0.3) is 17.7 Å². The quantitative estimate of drug-likeness (QED) is 0.618. The molecule has 0 unspecified atom stereocenters. The van der Waals surface area contributed by atoms with Gasteiger partial charge in [0.1, 0.15) is 10.7 Å². The number of amides is 3. The number of hydrogen-bond acceptors (Lipinski definition) is 4. The average molecular weight is 452 g/mol. The third-order valence-corrected chi connectivity index (χ3v) is 6.53. The minimum atomic E-state index is -0.435. The Hall–Kier alpha value is -3.12. The third-order valence-electron chi connectivity index (χ3n) is 6.18. The highest BCUT2D eigenvalue weighted by molar-refractivity contribution is 6.48. The largest absolute Gasteiger partial charge is 0.350 e. The van der Waals surface area contributed by atoms with Crippen LogP contribution in [0, 0.1) is 13.8 Å². The van der Waals surface area contributed by atoms with Crippen molar-refractivity contribution in [1.82, 2.24) is 4.90 Å². The SMILES string of the molecule is Cc1ccc(NC(=O)c2ccc(NC3=C(Cl)C(=O)N(C4CCCCC4)C3=O)cc2)cc1C. The number of anilines is 2. The monoisotopic (exact) mass is 451 g/mol. The normalized spacial score (nSPS) is 17.2. The molecule has 2 N–H and O–H groups in total. The van der Waals surface area contributed by atoms with Crippen molar-refractivity contribution >= 4 is 40.7 Å². The number of halogens is 1. The molecule has 0 bridgehead atoms. The summed E-state index contributed by atoms with van der Waals surface area (Å²) in [6, 6.07) is 12.4. The molecular formula is C25H26ClN3O3. The number of hydrogen-bond donors (Lipinski definition) is 2. The Balaban J connectivity index is 1.44. The van der Waals surface area contributed by atoms with Gasteiger partial charge in [-0.3, -0.25) is 19.3 Å². The Bertz CT molecular complexity index is 1100. The summed E-state index contributed by atoms with van der Waals surface area (Å²) in [6.45, 7) is 4.01. The first-order valence-electron chi connectivity index (χ1n) is 10.9. The van der Waals surface area contributed by atoms with E-state index in [2.05, 4.69) is 10.6 Å². The van der Waals surface area contributed by atoms with E-state index in [4.69, 9.17) is 11.6 Å². The van der Waals surface area contributed by atoms with Crippen LogP contribution in [0.5, 0.6) is 0 Å². The Morgan fingerprint density at radius 1 is 0.906 bits per heavy atom. The minimum Gasteiger partial charge on any atom is -0.350 e. The molecule has 0 spiro atoms. The zero-order valence-electron chi connectivity index (χ0n) is 18.2. The van der Waals surface area contributed by atoms with Crippen molar-refractivity contribution in [1.29, 1.82) is 0 Å². The fourth-order valence-corrected chi connectivity index (χ4v) is 4.39. The van der Waals surface area contributed by atoms with Crippen molar-refractivity contribution in [3.8, 4) is 0 Å². The first-order valence-corrected chi connectivity index (χ1v) is 11.3. The second-order valence-corrected chi connectivity index (χ2v) is 8.79. The number of nitrogens with zero attached hydrogens (tertiary/aromatic N) is 1. The fraction of sp³-hybridized carbons (Fsp3) is 0.320. The van der Waals surface area contributed by atoms with Gasteiger partial charge in [-0.05, 0) is 74.2 Å². The highest BCUT2D eigenvalue weighted by Crippen LogP contribution is 2.32. The Morgan fingerprint density at radius 2 is 1.56 bits per heavy atom. The molecule has 0 atom stereocenters. The van der Waals surface area contributed by atoms with Crippen molar-refractivity contribution < 1.29 is 14.4 Å². The molecule has 32 heavy (non-hydrogen) atoms. The van der Waals surface area contributed by atoms with E-state index in [0.29, 0.717) is 11.3 Å². The molecule has 2 aromatic carbocycles. The first kappa shape index (κ1) is 22.1. The maximum absolute atomic E-state index is 12.9. The average Bonchev–Trinajstić information content (AvgIpc) is 3.00. The van der Waals surface area contributed by atoms with E-state index in [1.807, 2.05) is 32.0 Å². The van der Waals surface area contributed by atoms with Crippen molar-refractivity contribution in [3.05, 3.63) is 69.9 Å². The van der Waals surface area contributed by atoms with Crippen molar-refractivity contribution in [2.24, 2.45) is 0 Å². The molecule has 3 amide bonds. The lowest BCUT2D eigenvalue weighted by molar-refractivity contribution is -0.140. The van der Waals surface area contributed by atoms with Gasteiger partial charge in [-0.25, -0.2) is 0 Å². The number of benzene rings is 2. The van der Waals surface area contributed by atoms with Crippen LogP contribution in [0.2, 0.25) is 0 Å². The Morgan fingerprint density at radius 3 is 2.22 bits per heavy atom. The summed E-state index contributed by atoms with van der Waals surface area (Å²) in [5.74, 6) is -1.05. The maximum Gasteiger partial charge on any atom is 0.279 e. The summed E-state index contributed by atoms with van der Waals surface area (Å²) in [5, 5.41) is 5.77. The molecule has 166 valence electrons. The first-order chi connectivity index (χ1) is 15.3. The second kappa shape index (κ2) is 9.17. The maximum atomic E-state index is 12.9. The van der Waals surface area contributed by atoms with Gasteiger partial charge in [-0.1, -0.05) is 36.9 Å². The Kier molecular flexibility index (Phi) is 6.33. The van der Waals surface area contributed by atoms with E-state index < -0.39 is 5.91 Å². The molecular weight excluding hydrogens is 426 g/mol. The molecule has 0 aromatic heterocycles. The molecule has 7 heteroatoms. The van der Waals surface area contributed by atoms with Crippen molar-refractivity contribution in [2.75, 3.05) is 10.6 Å². The lowest BCUT2D eigenvalue weighted by atomic mass is 9.94. The molecule has 1 heterocycles. The third kappa shape index (κ3) is 4.41. The van der Waals surface area contributed by atoms with Crippen LogP contribution in [0.3, 0.4) is 0 Å². The number of nitrogens with one attached hydrogen (secondary N) is 2. The van der Waals surface area contributed by atoms with Gasteiger partial charge in [-0.15, -0.1) is 0 Å². The summed E-state index contributed by atoms with van der Waals surface area (Å²) < 4.78 is 0. The van der Waals surface area contributed by atoms with Gasteiger partial charge in [-0.2, -0.15) is 0 Å². The molecule has 0 radical (unpaired) electrons. The molecule has 4 rings (SSSR count). The topological polar surface area (TPSA) is 78.5 Å². The summed E-state index contributed by atoms with van der Waals surface area (Å²) in [4.78, 5) is 39.4. The van der Waals surface area contributed by atoms with Gasteiger partial charge in [0.05, 0.1) is 0 Å². The van der Waals surface area contributed by atoms with E-state index in [-0.39, 0.29) is 28.6 Å². The fourth-order valence-electron chi connectivity index (χ4n) is 4.17. The van der Waals surface area contributed by atoms with Gasteiger partial charge in [0.15, 0.2) is 0 Å². The molecule has 1 aliphatic heterocycles. The summed E-state index contributed by atoms with van der Waals surface area (Å²) in [5.41, 5.74) is 4.14. The predicted octanol–water partition coefficient (Wildman–Crippen LogP) is 5.12. The molecule has 1 saturated carbocycles. The van der Waals surface area contributed by atoms with Crippen LogP contribution in [0.4, 0.5) is 11.4 Å². The number of carbonyl (C=O) groups is 3. The van der Waals surface area contributed by atoms with Crippen LogP contribution in [0.25, 0.3) is 0 Å². The minimum absolute atomic E-state index is 0.0860. The number of rotatable bonds is 5. The number of imide groups is 1. The molecule has 1 aliphatic carbocycles. The van der Waals surface area contributed by atoms with E-state index in [0.717, 1.165) is 48.9 Å². The highest BCUT2D eigenvalue weighted by Gasteiger charge is 2.42. The highest BCUT2D eigenvalue weighted by atomic mass is 35.5. The lowest BCUT2D eigenvalue weighted by Crippen LogP contribution is -2.42. The predicted molar refractivity (Wildman–Crippen MR) is 126 cm³/mol. The van der Waals surface area contributed by atoms with Crippen LogP contribution >= 0.6 is 11.6 Å². The van der Waals surface area contributed by atoms with Crippen LogP contribution in [0.15, 0.2) is 53.2 Å². The van der Waals surface area contributed by atoms with Crippen LogP contribution in [-0.4, -0.2) is 28.7 Å². The smallest absolute Gasteiger partial charge is 0.279 e. The van der Waals surface area contributed by atoms with Crippen molar-refractivity contribution in [3.63, 3.8) is 0 Å². The summed E-state index contributed by atoms with van der Waals surface area (Å²) >= 11 is 6.22. The van der Waals surface area contributed by atoms with Gasteiger partial charge >= 0.3 is 0 Å². The van der Waals surface area contributed by atoms with Crippen LogP contribution in [-0.2, 0) is 9.59 Å². The Labute approximate surface area is 192 Å². The van der Waals surface area contributed by atoms with Gasteiger partial charge < -0.3 is 10.6 Å². The summed E-state index contributed by atoms with van der Waals surface area (Å²) in [6.07, 6.45) is 4.78. The molecule has 1 fully saturated rings. The molecule has 6 nitrogen and oxygen atoms in total. The molecule has 2 aromatic rings. The van der Waals surface area contributed by atoms with Gasteiger partial charge in [0.2, 0.25) is 0 Å². The van der Waals surface area contributed by atoms with E-state index >= 15 is 0 Å². The zero-order valence-corrected chi connectivity index (χ0v) is 19.0. The zero-order chi connectivity index (χ0) is 22.8. The second-order valence-electron chi connectivity index (χ2n) is 8.42. The van der Waals surface area contributed by atoms with Crippen molar-refractivity contribution in [2.45, 2.75) is 52.0 Å². The number of aryl methyl sites for hydroxylation is 2. The van der Waals surface area contributed by atoms with Crippen LogP contribution in [0.1, 0.15) is 53.6 Å². The van der Waals surface area contributed by atoms with E-state index in [9.17, 15) is 14.4 Å². The van der Waals surface area contributed by atoms with Gasteiger partial charge in [0, 0.05) is 23.0 Å². The van der Waals surface area contributed by atoms with E-state index in [1.165, 1.54) is 4.90 Å². The van der Waals surface area contributed by atoms with Crippen LogP contribution < -0.4 is 10.6 Å². The molecule has 2 aliphatic rings. The number of carbonyl (C=O) groups excluding carboxylic acids is 3. The summed E-state index contributed by atoms with van der Waals surface area (Å²) in [7, 11) is 0. The lowest BCUT2D eigenvalue weighted by Gasteiger charge is -2.29. The van der Waals surface area contributed by atoms with E-state index in [1.54, 1.807) is 24.3 Å².